The lowest BCUT2D eigenvalue weighted by Crippen LogP contribution is -2.41. The van der Waals surface area contributed by atoms with Crippen molar-refractivity contribution >= 4 is 15.7 Å². The molecule has 0 aromatic rings. The summed E-state index contributed by atoms with van der Waals surface area (Å²) in [5, 5.41) is 5.75. The van der Waals surface area contributed by atoms with Crippen molar-refractivity contribution in [2.75, 3.05) is 24.6 Å². The summed E-state index contributed by atoms with van der Waals surface area (Å²) >= 11 is 0. The van der Waals surface area contributed by atoms with Gasteiger partial charge in [0.2, 0.25) is 5.91 Å². The largest absolute Gasteiger partial charge is 0.351 e. The third-order valence-corrected chi connectivity index (χ3v) is 4.20. The molecule has 0 aromatic carbocycles. The van der Waals surface area contributed by atoms with Gasteiger partial charge in [-0.25, -0.2) is 8.42 Å². The van der Waals surface area contributed by atoms with E-state index in [-0.39, 0.29) is 30.0 Å². The molecule has 1 rings (SSSR count). The average Bonchev–Trinajstić information content (AvgIpc) is 2.44. The molecule has 1 unspecified atom stereocenters. The van der Waals surface area contributed by atoms with Crippen LogP contribution in [-0.2, 0) is 14.6 Å². The van der Waals surface area contributed by atoms with E-state index in [1.165, 1.54) is 0 Å². The van der Waals surface area contributed by atoms with Crippen molar-refractivity contribution in [1.29, 1.82) is 0 Å². The van der Waals surface area contributed by atoms with Gasteiger partial charge in [-0.15, -0.1) is 0 Å². The van der Waals surface area contributed by atoms with Crippen molar-refractivity contribution in [1.82, 2.24) is 10.6 Å². The lowest BCUT2D eigenvalue weighted by atomic mass is 10.2. The molecule has 0 aromatic heterocycles. The Balaban J connectivity index is 2.20. The second-order valence-corrected chi connectivity index (χ2v) is 6.92. The van der Waals surface area contributed by atoms with Crippen LogP contribution in [0.5, 0.6) is 0 Å². The first kappa shape index (κ1) is 13.4. The summed E-state index contributed by atoms with van der Waals surface area (Å²) in [6.45, 7) is 5.17. The fourth-order valence-corrected chi connectivity index (χ4v) is 3.34. The Hall–Kier alpha value is -0.620. The molecular weight excluding hydrogens is 228 g/mol. The van der Waals surface area contributed by atoms with Gasteiger partial charge in [0.25, 0.3) is 0 Å². The fourth-order valence-electron chi connectivity index (χ4n) is 1.66. The van der Waals surface area contributed by atoms with Crippen LogP contribution in [0.3, 0.4) is 0 Å². The minimum absolute atomic E-state index is 0.0862. The van der Waals surface area contributed by atoms with Gasteiger partial charge in [-0.3, -0.25) is 4.79 Å². The van der Waals surface area contributed by atoms with Crippen LogP contribution in [-0.4, -0.2) is 45.0 Å². The Bertz CT molecular complexity index is 338. The smallest absolute Gasteiger partial charge is 0.234 e. The summed E-state index contributed by atoms with van der Waals surface area (Å²) < 4.78 is 22.3. The van der Waals surface area contributed by atoms with Crippen LogP contribution in [0.25, 0.3) is 0 Å². The summed E-state index contributed by atoms with van der Waals surface area (Å²) in [5.74, 6) is 0.655. The van der Waals surface area contributed by atoms with Crippen LogP contribution < -0.4 is 10.6 Å². The molecular formula is C10H20N2O3S. The highest BCUT2D eigenvalue weighted by Crippen LogP contribution is 2.10. The molecule has 2 N–H and O–H groups in total. The van der Waals surface area contributed by atoms with Gasteiger partial charge in [-0.2, -0.15) is 0 Å². The van der Waals surface area contributed by atoms with Gasteiger partial charge in [0, 0.05) is 6.04 Å². The van der Waals surface area contributed by atoms with Crippen molar-refractivity contribution in [2.45, 2.75) is 26.3 Å². The van der Waals surface area contributed by atoms with Crippen molar-refractivity contribution in [3.63, 3.8) is 0 Å². The maximum atomic E-state index is 11.4. The Kier molecular flexibility index (Phi) is 4.73. The van der Waals surface area contributed by atoms with Crippen molar-refractivity contribution in [3.8, 4) is 0 Å². The van der Waals surface area contributed by atoms with E-state index in [1.807, 2.05) is 0 Å². The number of carbonyl (C=O) groups is 1. The van der Waals surface area contributed by atoms with Gasteiger partial charge in [0.1, 0.15) is 0 Å². The summed E-state index contributed by atoms with van der Waals surface area (Å²) in [5.41, 5.74) is 0. The zero-order valence-electron chi connectivity index (χ0n) is 9.82. The van der Waals surface area contributed by atoms with Crippen molar-refractivity contribution in [3.05, 3.63) is 0 Å². The van der Waals surface area contributed by atoms with Crippen molar-refractivity contribution in [2.24, 2.45) is 5.92 Å². The summed E-state index contributed by atoms with van der Waals surface area (Å²) in [4.78, 5) is 11.4. The predicted molar refractivity (Wildman–Crippen MR) is 62.9 cm³/mol. The molecule has 0 spiro atoms. The second kappa shape index (κ2) is 5.63. The van der Waals surface area contributed by atoms with Gasteiger partial charge < -0.3 is 10.6 Å². The molecule has 0 saturated carbocycles. The maximum Gasteiger partial charge on any atom is 0.234 e. The zero-order chi connectivity index (χ0) is 12.2. The fraction of sp³-hybridized carbons (Fsp3) is 0.900. The first-order valence-corrected chi connectivity index (χ1v) is 7.41. The molecule has 0 aliphatic carbocycles. The lowest BCUT2D eigenvalue weighted by molar-refractivity contribution is -0.120. The second-order valence-electron chi connectivity index (χ2n) is 4.69. The Morgan fingerprint density at radius 3 is 2.62 bits per heavy atom. The molecule has 1 atom stereocenters. The van der Waals surface area contributed by atoms with Gasteiger partial charge in [-0.1, -0.05) is 13.8 Å². The number of carbonyl (C=O) groups excluding carboxylic acids is 1. The Morgan fingerprint density at radius 1 is 1.44 bits per heavy atom. The summed E-state index contributed by atoms with van der Waals surface area (Å²) in [6, 6.07) is -0.196. The topological polar surface area (TPSA) is 75.3 Å². The summed E-state index contributed by atoms with van der Waals surface area (Å²) in [7, 11) is -2.91. The standard InChI is InChI=1S/C10H20N2O3S/c1-8(2)5-11-6-10(13)12-9-3-4-16(14,15)7-9/h8-9,11H,3-7H2,1-2H3,(H,12,13). The predicted octanol–water partition coefficient (Wildman–Crippen LogP) is -0.465. The van der Waals surface area contributed by atoms with E-state index in [1.54, 1.807) is 0 Å². The number of nitrogens with one attached hydrogen (secondary N) is 2. The molecule has 1 aliphatic rings. The Morgan fingerprint density at radius 2 is 2.12 bits per heavy atom. The van der Waals surface area contributed by atoms with E-state index in [9.17, 15) is 13.2 Å². The van der Waals surface area contributed by atoms with Gasteiger partial charge in [-0.05, 0) is 18.9 Å². The third-order valence-electron chi connectivity index (χ3n) is 2.44. The molecule has 16 heavy (non-hydrogen) atoms. The van der Waals surface area contributed by atoms with E-state index < -0.39 is 9.84 Å². The minimum atomic E-state index is -2.91. The van der Waals surface area contributed by atoms with E-state index in [0.29, 0.717) is 12.3 Å². The number of amides is 1. The van der Waals surface area contributed by atoms with E-state index in [2.05, 4.69) is 24.5 Å². The normalized spacial score (nSPS) is 23.6. The van der Waals surface area contributed by atoms with Gasteiger partial charge in [0.15, 0.2) is 9.84 Å². The minimum Gasteiger partial charge on any atom is -0.351 e. The van der Waals surface area contributed by atoms with Crippen molar-refractivity contribution < 1.29 is 13.2 Å². The highest BCUT2D eigenvalue weighted by atomic mass is 32.2. The molecule has 1 amide bonds. The van der Waals surface area contributed by atoms with E-state index in [4.69, 9.17) is 0 Å². The average molecular weight is 248 g/mol. The number of hydrogen-bond acceptors (Lipinski definition) is 4. The molecule has 1 heterocycles. The van der Waals surface area contributed by atoms with Gasteiger partial charge >= 0.3 is 0 Å². The molecule has 5 nitrogen and oxygen atoms in total. The summed E-state index contributed by atoms with van der Waals surface area (Å²) in [6.07, 6.45) is 0.540. The number of rotatable bonds is 5. The number of sulfone groups is 1. The lowest BCUT2D eigenvalue weighted by Gasteiger charge is -2.12. The van der Waals surface area contributed by atoms with E-state index in [0.717, 1.165) is 6.54 Å². The van der Waals surface area contributed by atoms with Crippen LogP contribution in [0.15, 0.2) is 0 Å². The molecule has 1 saturated heterocycles. The van der Waals surface area contributed by atoms with Crippen LogP contribution in [0, 0.1) is 5.92 Å². The maximum absolute atomic E-state index is 11.4. The molecule has 1 aliphatic heterocycles. The molecule has 0 radical (unpaired) electrons. The van der Waals surface area contributed by atoms with Crippen LogP contribution >= 0.6 is 0 Å². The quantitative estimate of drug-likeness (QED) is 0.690. The highest BCUT2D eigenvalue weighted by molar-refractivity contribution is 7.91. The Labute approximate surface area is 96.9 Å². The first-order chi connectivity index (χ1) is 7.39. The first-order valence-electron chi connectivity index (χ1n) is 5.59. The van der Waals surface area contributed by atoms with Gasteiger partial charge in [0.05, 0.1) is 18.1 Å². The molecule has 0 bridgehead atoms. The third kappa shape index (κ3) is 4.94. The highest BCUT2D eigenvalue weighted by Gasteiger charge is 2.28. The van der Waals surface area contributed by atoms with Crippen LogP contribution in [0.4, 0.5) is 0 Å². The number of hydrogen-bond donors (Lipinski definition) is 2. The van der Waals surface area contributed by atoms with Crippen LogP contribution in [0.2, 0.25) is 0 Å². The van der Waals surface area contributed by atoms with Crippen LogP contribution in [0.1, 0.15) is 20.3 Å². The molecule has 6 heteroatoms. The molecule has 94 valence electrons. The SMILES string of the molecule is CC(C)CNCC(=O)NC1CCS(=O)(=O)C1. The molecule has 1 fully saturated rings. The van der Waals surface area contributed by atoms with E-state index >= 15 is 0 Å². The monoisotopic (exact) mass is 248 g/mol. The zero-order valence-corrected chi connectivity index (χ0v) is 10.6.